The van der Waals surface area contributed by atoms with Crippen LogP contribution < -0.4 is 14.8 Å². The molecule has 1 amide bonds. The molecule has 1 heterocycles. The van der Waals surface area contributed by atoms with Crippen molar-refractivity contribution in [3.8, 4) is 17.2 Å². The fraction of sp³-hybridized carbons (Fsp3) is 0.240. The van der Waals surface area contributed by atoms with E-state index in [9.17, 15) is 13.2 Å². The quantitative estimate of drug-likeness (QED) is 0.526. The number of carbonyl (C=O) groups excluding carboxylic acids is 1. The first kappa shape index (κ1) is 23.7. The number of benzene rings is 3. The minimum absolute atomic E-state index is 0.0755. The van der Waals surface area contributed by atoms with E-state index >= 15 is 0 Å². The second-order valence-corrected chi connectivity index (χ2v) is 9.60. The van der Waals surface area contributed by atoms with Crippen LogP contribution in [0.15, 0.2) is 77.7 Å². The number of ether oxygens (including phenoxy) is 3. The van der Waals surface area contributed by atoms with Crippen LogP contribution in [-0.2, 0) is 26.0 Å². The average Bonchev–Trinajstić information content (AvgIpc) is 2.86. The van der Waals surface area contributed by atoms with Crippen molar-refractivity contribution in [2.24, 2.45) is 0 Å². The SMILES string of the molecule is COc1cccc(CC(=O)Nc2cc(S(=O)(=O)N3CCOCC3)ccc2Oc2ccccc2)c1. The minimum atomic E-state index is -3.75. The van der Waals surface area contributed by atoms with Crippen LogP contribution in [0.1, 0.15) is 5.56 Å². The topological polar surface area (TPSA) is 94.2 Å². The monoisotopic (exact) mass is 482 g/mol. The molecule has 0 saturated carbocycles. The Morgan fingerprint density at radius 1 is 0.971 bits per heavy atom. The van der Waals surface area contributed by atoms with Crippen LogP contribution in [0.3, 0.4) is 0 Å². The molecule has 0 bridgehead atoms. The zero-order valence-corrected chi connectivity index (χ0v) is 19.6. The molecule has 0 aliphatic carbocycles. The molecule has 1 N–H and O–H groups in total. The van der Waals surface area contributed by atoms with Crippen molar-refractivity contribution in [1.29, 1.82) is 0 Å². The number of sulfonamides is 1. The summed E-state index contributed by atoms with van der Waals surface area (Å²) in [7, 11) is -2.19. The maximum absolute atomic E-state index is 13.2. The maximum Gasteiger partial charge on any atom is 0.243 e. The Hall–Kier alpha value is -3.40. The fourth-order valence-corrected chi connectivity index (χ4v) is 5.00. The highest BCUT2D eigenvalue weighted by Gasteiger charge is 2.27. The van der Waals surface area contributed by atoms with Gasteiger partial charge in [-0.1, -0.05) is 30.3 Å². The molecular formula is C25H26N2O6S. The van der Waals surface area contributed by atoms with Crippen LogP contribution in [0.25, 0.3) is 0 Å². The van der Waals surface area contributed by atoms with Gasteiger partial charge in [0.2, 0.25) is 15.9 Å². The lowest BCUT2D eigenvalue weighted by molar-refractivity contribution is -0.115. The van der Waals surface area contributed by atoms with Gasteiger partial charge in [-0.25, -0.2) is 8.42 Å². The van der Waals surface area contributed by atoms with Gasteiger partial charge in [0.25, 0.3) is 0 Å². The number of hydrogen-bond acceptors (Lipinski definition) is 6. The molecule has 0 atom stereocenters. The van der Waals surface area contributed by atoms with E-state index in [0.29, 0.717) is 30.5 Å². The van der Waals surface area contributed by atoms with Crippen LogP contribution in [0, 0.1) is 0 Å². The molecule has 1 aliphatic heterocycles. The number of hydrogen-bond donors (Lipinski definition) is 1. The standard InChI is InChI=1S/C25H26N2O6S/c1-31-21-9-5-6-19(16-21)17-25(28)26-23-18-22(34(29,30)27-12-14-32-15-13-27)10-11-24(23)33-20-7-3-2-4-8-20/h2-11,16,18H,12-15,17H2,1H3,(H,26,28). The number of carbonyl (C=O) groups is 1. The van der Waals surface area contributed by atoms with E-state index in [2.05, 4.69) is 5.32 Å². The first-order chi connectivity index (χ1) is 16.5. The van der Waals surface area contributed by atoms with Crippen LogP contribution in [0.2, 0.25) is 0 Å². The molecule has 1 fully saturated rings. The highest BCUT2D eigenvalue weighted by Crippen LogP contribution is 2.33. The smallest absolute Gasteiger partial charge is 0.243 e. The molecule has 34 heavy (non-hydrogen) atoms. The number of rotatable bonds is 8. The van der Waals surface area contributed by atoms with Crippen molar-refractivity contribution < 1.29 is 27.4 Å². The second kappa shape index (κ2) is 10.7. The van der Waals surface area contributed by atoms with E-state index in [-0.39, 0.29) is 36.0 Å². The molecule has 178 valence electrons. The lowest BCUT2D eigenvalue weighted by Crippen LogP contribution is -2.40. The molecule has 4 rings (SSSR count). The highest BCUT2D eigenvalue weighted by atomic mass is 32.2. The Morgan fingerprint density at radius 3 is 2.44 bits per heavy atom. The Bertz CT molecular complexity index is 1240. The number of amides is 1. The number of nitrogens with zero attached hydrogens (tertiary/aromatic N) is 1. The third-order valence-corrected chi connectivity index (χ3v) is 7.20. The van der Waals surface area contributed by atoms with E-state index in [1.807, 2.05) is 24.3 Å². The normalized spacial score (nSPS) is 14.4. The van der Waals surface area contributed by atoms with E-state index in [1.165, 1.54) is 16.4 Å². The van der Waals surface area contributed by atoms with Crippen LogP contribution >= 0.6 is 0 Å². The van der Waals surface area contributed by atoms with E-state index in [0.717, 1.165) is 5.56 Å². The molecule has 1 aliphatic rings. The summed E-state index contributed by atoms with van der Waals surface area (Å²) < 4.78 is 44.1. The van der Waals surface area contributed by atoms with Gasteiger partial charge in [-0.3, -0.25) is 4.79 Å². The minimum Gasteiger partial charge on any atom is -0.497 e. The average molecular weight is 483 g/mol. The van der Waals surface area contributed by atoms with Gasteiger partial charge in [-0.05, 0) is 48.0 Å². The zero-order chi connectivity index (χ0) is 24.0. The van der Waals surface area contributed by atoms with Crippen molar-refractivity contribution in [3.05, 3.63) is 78.4 Å². The van der Waals surface area contributed by atoms with Crippen LogP contribution in [-0.4, -0.2) is 52.0 Å². The van der Waals surface area contributed by atoms with Gasteiger partial charge in [-0.15, -0.1) is 0 Å². The zero-order valence-electron chi connectivity index (χ0n) is 18.8. The first-order valence-electron chi connectivity index (χ1n) is 10.8. The van der Waals surface area contributed by atoms with Crippen molar-refractivity contribution in [2.75, 3.05) is 38.7 Å². The van der Waals surface area contributed by atoms with Gasteiger partial charge in [-0.2, -0.15) is 4.31 Å². The molecule has 0 unspecified atom stereocenters. The van der Waals surface area contributed by atoms with Gasteiger partial charge in [0.15, 0.2) is 5.75 Å². The Balaban J connectivity index is 1.62. The van der Waals surface area contributed by atoms with Gasteiger partial charge in [0.1, 0.15) is 11.5 Å². The molecule has 1 saturated heterocycles. The predicted octanol–water partition coefficient (Wildman–Crippen LogP) is 3.69. The summed E-state index contributed by atoms with van der Waals surface area (Å²) in [5, 5.41) is 2.82. The van der Waals surface area contributed by atoms with Crippen molar-refractivity contribution >= 4 is 21.6 Å². The molecule has 8 nitrogen and oxygen atoms in total. The van der Waals surface area contributed by atoms with Crippen LogP contribution in [0.5, 0.6) is 17.2 Å². The van der Waals surface area contributed by atoms with Gasteiger partial charge in [0.05, 0.1) is 37.3 Å². The Morgan fingerprint density at radius 2 is 1.71 bits per heavy atom. The predicted molar refractivity (Wildman–Crippen MR) is 128 cm³/mol. The van der Waals surface area contributed by atoms with Crippen molar-refractivity contribution in [3.63, 3.8) is 0 Å². The summed E-state index contributed by atoms with van der Waals surface area (Å²) >= 11 is 0. The molecule has 3 aromatic rings. The summed E-state index contributed by atoms with van der Waals surface area (Å²) in [5.41, 5.74) is 1.03. The third-order valence-electron chi connectivity index (χ3n) is 5.30. The highest BCUT2D eigenvalue weighted by molar-refractivity contribution is 7.89. The molecule has 3 aromatic carbocycles. The van der Waals surface area contributed by atoms with Gasteiger partial charge < -0.3 is 19.5 Å². The van der Waals surface area contributed by atoms with Gasteiger partial charge >= 0.3 is 0 Å². The molecular weight excluding hydrogens is 456 g/mol. The van der Waals surface area contributed by atoms with E-state index in [1.54, 1.807) is 43.5 Å². The lowest BCUT2D eigenvalue weighted by atomic mass is 10.1. The maximum atomic E-state index is 13.2. The summed E-state index contributed by atoms with van der Waals surface area (Å²) in [5.74, 6) is 1.24. The van der Waals surface area contributed by atoms with E-state index in [4.69, 9.17) is 14.2 Å². The van der Waals surface area contributed by atoms with Gasteiger partial charge in [0, 0.05) is 13.1 Å². The summed E-state index contributed by atoms with van der Waals surface area (Å²) in [6, 6.07) is 20.8. The molecule has 0 radical (unpaired) electrons. The molecule has 0 aromatic heterocycles. The first-order valence-corrected chi connectivity index (χ1v) is 12.3. The van der Waals surface area contributed by atoms with E-state index < -0.39 is 10.0 Å². The van der Waals surface area contributed by atoms with Crippen LogP contribution in [0.4, 0.5) is 5.69 Å². The summed E-state index contributed by atoms with van der Waals surface area (Å²) in [6.07, 6.45) is 0.0857. The molecule has 0 spiro atoms. The third kappa shape index (κ3) is 5.74. The number of methoxy groups -OCH3 is 1. The summed E-state index contributed by atoms with van der Waals surface area (Å²) in [4.78, 5) is 12.9. The molecule has 9 heteroatoms. The Kier molecular flexibility index (Phi) is 7.46. The van der Waals surface area contributed by atoms with Crippen molar-refractivity contribution in [2.45, 2.75) is 11.3 Å². The number of anilines is 1. The fourth-order valence-electron chi connectivity index (χ4n) is 3.57. The van der Waals surface area contributed by atoms with Crippen molar-refractivity contribution in [1.82, 2.24) is 4.31 Å². The number of para-hydroxylation sites is 1. The number of nitrogens with one attached hydrogen (secondary N) is 1. The largest absolute Gasteiger partial charge is 0.497 e. The number of morpholine rings is 1. The lowest BCUT2D eigenvalue weighted by Gasteiger charge is -2.26. The summed E-state index contributed by atoms with van der Waals surface area (Å²) in [6.45, 7) is 1.25. The Labute approximate surface area is 199 Å². The second-order valence-electron chi connectivity index (χ2n) is 7.67.